The summed E-state index contributed by atoms with van der Waals surface area (Å²) in [6, 6.07) is 25.9. The molecule has 0 N–H and O–H groups in total. The molecule has 0 saturated heterocycles. The third-order valence-electron chi connectivity index (χ3n) is 6.56. The molecule has 0 heterocycles. The number of aryl methyl sites for hydroxylation is 3. The summed E-state index contributed by atoms with van der Waals surface area (Å²) in [6.07, 6.45) is 5.39. The summed E-state index contributed by atoms with van der Waals surface area (Å²) in [4.78, 5) is 25.3. The normalized spacial score (nSPS) is 10.6. The van der Waals surface area contributed by atoms with Crippen LogP contribution in [0.15, 0.2) is 97.1 Å². The first-order valence-electron chi connectivity index (χ1n) is 13.9. The van der Waals surface area contributed by atoms with Crippen LogP contribution >= 0.6 is 0 Å². The highest BCUT2D eigenvalue weighted by Crippen LogP contribution is 2.35. The van der Waals surface area contributed by atoms with E-state index < -0.39 is 0 Å². The van der Waals surface area contributed by atoms with Gasteiger partial charge in [-0.25, -0.2) is 9.59 Å². The van der Waals surface area contributed by atoms with Gasteiger partial charge in [0.2, 0.25) is 0 Å². The third kappa shape index (κ3) is 9.57. The van der Waals surface area contributed by atoms with Gasteiger partial charge in [-0.3, -0.25) is 0 Å². The fourth-order valence-electron chi connectivity index (χ4n) is 4.20. The Kier molecular flexibility index (Phi) is 11.8. The van der Waals surface area contributed by atoms with E-state index in [2.05, 4.69) is 97.8 Å². The molecular weight excluding hydrogens is 498 g/mol. The van der Waals surface area contributed by atoms with Crippen molar-refractivity contribution in [1.82, 2.24) is 0 Å². The lowest BCUT2D eigenvalue weighted by Gasteiger charge is -2.26. The lowest BCUT2D eigenvalue weighted by molar-refractivity contribution is -0.139. The molecule has 0 aromatic heterocycles. The zero-order valence-electron chi connectivity index (χ0n) is 24.1. The zero-order chi connectivity index (χ0) is 28.9. The van der Waals surface area contributed by atoms with Gasteiger partial charge in [-0.2, -0.15) is 0 Å². The molecule has 5 heteroatoms. The molecule has 0 aliphatic rings. The molecule has 0 spiro atoms. The third-order valence-corrected chi connectivity index (χ3v) is 6.56. The summed E-state index contributed by atoms with van der Waals surface area (Å²) in [5.41, 5.74) is 7.88. The second-order valence-corrected chi connectivity index (χ2v) is 10.3. The van der Waals surface area contributed by atoms with E-state index in [1.54, 1.807) is 13.8 Å². The van der Waals surface area contributed by atoms with Crippen molar-refractivity contribution in [2.75, 3.05) is 18.1 Å². The van der Waals surface area contributed by atoms with Crippen LogP contribution in [0, 0.1) is 6.92 Å². The summed E-state index contributed by atoms with van der Waals surface area (Å²) >= 11 is 0. The number of esters is 2. The maximum absolute atomic E-state index is 11.5. The second kappa shape index (κ2) is 15.5. The van der Waals surface area contributed by atoms with Crippen molar-refractivity contribution in [1.29, 1.82) is 0 Å². The van der Waals surface area contributed by atoms with Crippen LogP contribution in [0.1, 0.15) is 56.2 Å². The van der Waals surface area contributed by atoms with Gasteiger partial charge in [0.25, 0.3) is 0 Å². The van der Waals surface area contributed by atoms with Gasteiger partial charge in [0.05, 0.1) is 13.2 Å². The fourth-order valence-corrected chi connectivity index (χ4v) is 4.20. The Labute approximate surface area is 239 Å². The largest absolute Gasteiger partial charge is 0.462 e. The molecule has 5 nitrogen and oxygen atoms in total. The summed E-state index contributed by atoms with van der Waals surface area (Å²) in [5, 5.41) is 0. The number of hydrogen-bond donors (Lipinski definition) is 0. The average Bonchev–Trinajstić information content (AvgIpc) is 2.95. The molecule has 0 atom stereocenters. The molecule has 3 aromatic carbocycles. The van der Waals surface area contributed by atoms with Crippen molar-refractivity contribution in [2.45, 2.75) is 59.3 Å². The van der Waals surface area contributed by atoms with Gasteiger partial charge >= 0.3 is 11.9 Å². The van der Waals surface area contributed by atoms with Gasteiger partial charge in [-0.1, -0.05) is 55.1 Å². The lowest BCUT2D eigenvalue weighted by atomic mass is 10.1. The summed E-state index contributed by atoms with van der Waals surface area (Å²) < 4.78 is 10.4. The Balaban J connectivity index is 1.62. The molecule has 0 saturated carbocycles. The highest BCUT2D eigenvalue weighted by molar-refractivity contribution is 5.87. The number of ether oxygens (including phenoxy) is 2. The molecule has 3 aromatic rings. The lowest BCUT2D eigenvalue weighted by Crippen LogP contribution is -2.10. The highest BCUT2D eigenvalue weighted by Gasteiger charge is 2.13. The van der Waals surface area contributed by atoms with Crippen LogP contribution in [0.4, 0.5) is 17.1 Å². The SMILES string of the molecule is C=C(C)C(=O)OCCCCc1ccc(N(c2ccc(C)cc2)c2ccc(CCCCOC(=O)C(=C)C)cc2)cc1. The monoisotopic (exact) mass is 539 g/mol. The maximum Gasteiger partial charge on any atom is 0.333 e. The first kappa shape index (κ1) is 30.4. The molecular formula is C35H41NO4. The highest BCUT2D eigenvalue weighted by atomic mass is 16.5. The standard InChI is InChI=1S/C35H41NO4/c1-26(2)34(37)39-24-8-6-10-29-14-20-32(21-15-29)36(31-18-12-28(5)13-19-31)33-22-16-30(17-23-33)11-7-9-25-40-35(38)27(3)4/h12-23H,1,3,6-11,24-25H2,2,4-5H3. The van der Waals surface area contributed by atoms with E-state index in [9.17, 15) is 9.59 Å². The van der Waals surface area contributed by atoms with E-state index in [0.29, 0.717) is 24.4 Å². The van der Waals surface area contributed by atoms with Gasteiger partial charge in [-0.05, 0) is 107 Å². The Morgan fingerprint density at radius 3 is 1.30 bits per heavy atom. The Hall–Kier alpha value is -4.12. The molecule has 0 fully saturated rings. The van der Waals surface area contributed by atoms with Crippen LogP contribution in [-0.2, 0) is 31.9 Å². The van der Waals surface area contributed by atoms with E-state index in [1.165, 1.54) is 16.7 Å². The van der Waals surface area contributed by atoms with Crippen LogP contribution < -0.4 is 4.90 Å². The van der Waals surface area contributed by atoms with Gasteiger partial charge in [0, 0.05) is 28.2 Å². The number of carbonyl (C=O) groups is 2. The van der Waals surface area contributed by atoms with Crippen LogP contribution in [0.5, 0.6) is 0 Å². The second-order valence-electron chi connectivity index (χ2n) is 10.3. The molecule has 0 unspecified atom stereocenters. The molecule has 0 amide bonds. The summed E-state index contributed by atoms with van der Waals surface area (Å²) in [5.74, 6) is -0.648. The molecule has 3 rings (SSSR count). The summed E-state index contributed by atoms with van der Waals surface area (Å²) in [7, 11) is 0. The first-order valence-corrected chi connectivity index (χ1v) is 13.9. The van der Waals surface area contributed by atoms with Crippen molar-refractivity contribution in [3.05, 3.63) is 114 Å². The number of hydrogen-bond acceptors (Lipinski definition) is 5. The van der Waals surface area contributed by atoms with Gasteiger partial charge in [0.1, 0.15) is 0 Å². The van der Waals surface area contributed by atoms with Gasteiger partial charge < -0.3 is 14.4 Å². The Morgan fingerprint density at radius 1 is 0.600 bits per heavy atom. The first-order chi connectivity index (χ1) is 19.2. The van der Waals surface area contributed by atoms with Crippen LogP contribution in [0.25, 0.3) is 0 Å². The Morgan fingerprint density at radius 2 is 0.950 bits per heavy atom. The number of anilines is 3. The van der Waals surface area contributed by atoms with Crippen LogP contribution in [0.2, 0.25) is 0 Å². The topological polar surface area (TPSA) is 55.8 Å². The minimum absolute atomic E-state index is 0.324. The predicted molar refractivity (Wildman–Crippen MR) is 163 cm³/mol. The van der Waals surface area contributed by atoms with Crippen molar-refractivity contribution in [2.24, 2.45) is 0 Å². The van der Waals surface area contributed by atoms with Crippen molar-refractivity contribution in [3.63, 3.8) is 0 Å². The number of rotatable bonds is 15. The van der Waals surface area contributed by atoms with E-state index in [0.717, 1.165) is 55.6 Å². The van der Waals surface area contributed by atoms with Crippen LogP contribution in [0.3, 0.4) is 0 Å². The van der Waals surface area contributed by atoms with Gasteiger partial charge in [0.15, 0.2) is 0 Å². The smallest absolute Gasteiger partial charge is 0.333 e. The Bertz CT molecular complexity index is 1190. The van der Waals surface area contributed by atoms with Gasteiger partial charge in [-0.15, -0.1) is 0 Å². The molecule has 210 valence electrons. The van der Waals surface area contributed by atoms with E-state index in [1.807, 2.05) is 0 Å². The maximum atomic E-state index is 11.5. The minimum Gasteiger partial charge on any atom is -0.462 e. The molecule has 40 heavy (non-hydrogen) atoms. The number of carbonyl (C=O) groups excluding carboxylic acids is 2. The quantitative estimate of drug-likeness (QED) is 0.110. The average molecular weight is 540 g/mol. The summed E-state index contributed by atoms with van der Waals surface area (Å²) in [6.45, 7) is 13.5. The number of benzene rings is 3. The number of unbranched alkanes of at least 4 members (excludes halogenated alkanes) is 2. The molecule has 0 aliphatic carbocycles. The number of nitrogens with zero attached hydrogens (tertiary/aromatic N) is 1. The van der Waals surface area contributed by atoms with E-state index in [-0.39, 0.29) is 11.9 Å². The predicted octanol–water partition coefficient (Wildman–Crippen LogP) is 8.35. The van der Waals surface area contributed by atoms with Crippen LogP contribution in [-0.4, -0.2) is 25.2 Å². The van der Waals surface area contributed by atoms with Crippen molar-refractivity contribution in [3.8, 4) is 0 Å². The van der Waals surface area contributed by atoms with E-state index in [4.69, 9.17) is 9.47 Å². The minimum atomic E-state index is -0.324. The van der Waals surface area contributed by atoms with E-state index >= 15 is 0 Å². The molecule has 0 bridgehead atoms. The van der Waals surface area contributed by atoms with Crippen molar-refractivity contribution >= 4 is 29.0 Å². The zero-order valence-corrected chi connectivity index (χ0v) is 24.1. The fraction of sp³-hybridized carbons (Fsp3) is 0.314. The molecule has 0 aliphatic heterocycles. The van der Waals surface area contributed by atoms with Crippen molar-refractivity contribution < 1.29 is 19.1 Å². The molecule has 0 radical (unpaired) electrons.